The van der Waals surface area contributed by atoms with Crippen LogP contribution in [0.15, 0.2) is 11.6 Å². The predicted octanol–water partition coefficient (Wildman–Crippen LogP) is 1.89. The van der Waals surface area contributed by atoms with Crippen LogP contribution in [0.25, 0.3) is 0 Å². The maximum absolute atomic E-state index is 12.1. The predicted molar refractivity (Wildman–Crippen MR) is 67.7 cm³/mol. The average Bonchev–Trinajstić information content (AvgIpc) is 2.21. The molecule has 0 radical (unpaired) electrons. The molecule has 2 atom stereocenters. The quantitative estimate of drug-likeness (QED) is 0.655. The molecule has 0 aromatic carbocycles. The van der Waals surface area contributed by atoms with Gasteiger partial charge >= 0.3 is 0 Å². The minimum atomic E-state index is -0.325. The van der Waals surface area contributed by atoms with Crippen molar-refractivity contribution >= 4 is 22.5 Å². The van der Waals surface area contributed by atoms with Crippen LogP contribution in [0.4, 0.5) is 0 Å². The lowest BCUT2D eigenvalue weighted by Gasteiger charge is -2.40. The van der Waals surface area contributed by atoms with Gasteiger partial charge in [0, 0.05) is 19.3 Å². The number of carbonyl (C=O) groups excluding carboxylic acids is 2. The summed E-state index contributed by atoms with van der Waals surface area (Å²) < 4.78 is 0. The van der Waals surface area contributed by atoms with E-state index in [0.717, 1.165) is 18.4 Å². The van der Waals surface area contributed by atoms with E-state index in [4.69, 9.17) is 0 Å². The van der Waals surface area contributed by atoms with Crippen LogP contribution in [0.1, 0.15) is 32.6 Å². The van der Waals surface area contributed by atoms with E-state index in [-0.39, 0.29) is 22.1 Å². The monoisotopic (exact) mass is 239 g/mol. The lowest BCUT2D eigenvalue weighted by Crippen LogP contribution is -2.45. The number of carbonyl (C=O) groups is 2. The van der Waals surface area contributed by atoms with Gasteiger partial charge in [-0.15, -0.1) is 0 Å². The number of rotatable bonds is 1. The summed E-state index contributed by atoms with van der Waals surface area (Å²) >= 11 is 0. The van der Waals surface area contributed by atoms with E-state index >= 15 is 0 Å². The summed E-state index contributed by atoms with van der Waals surface area (Å²) in [7, 11) is 0.251. The maximum atomic E-state index is 12.1. The van der Waals surface area contributed by atoms with Crippen molar-refractivity contribution in [2.24, 2.45) is 5.41 Å². The van der Waals surface area contributed by atoms with Crippen molar-refractivity contribution < 1.29 is 9.59 Å². The fraction of sp³-hybridized carbons (Fsp3) is 0.692. The first-order chi connectivity index (χ1) is 7.45. The van der Waals surface area contributed by atoms with Gasteiger partial charge in [0.2, 0.25) is 0 Å². The van der Waals surface area contributed by atoms with Gasteiger partial charge in [-0.25, -0.2) is 0 Å². The van der Waals surface area contributed by atoms with Crippen molar-refractivity contribution in [2.75, 3.05) is 12.5 Å². The second-order valence-electron chi connectivity index (χ2n) is 5.23. The molecule has 0 bridgehead atoms. The van der Waals surface area contributed by atoms with E-state index in [1.165, 1.54) is 0 Å². The highest BCUT2D eigenvalue weighted by atomic mass is 32.2. The Bertz CT molecular complexity index is 370. The maximum Gasteiger partial charge on any atom is 0.155 e. The van der Waals surface area contributed by atoms with Gasteiger partial charge in [-0.1, -0.05) is 0 Å². The second kappa shape index (κ2) is 4.02. The molecule has 0 amide bonds. The third-order valence-electron chi connectivity index (χ3n) is 3.99. The Morgan fingerprint density at radius 3 is 2.62 bits per heavy atom. The van der Waals surface area contributed by atoms with Gasteiger partial charge in [-0.2, -0.15) is 0 Å². The summed E-state index contributed by atoms with van der Waals surface area (Å²) in [6.07, 6.45) is 9.09. The van der Waals surface area contributed by atoms with Crippen LogP contribution in [0.2, 0.25) is 0 Å². The van der Waals surface area contributed by atoms with Crippen molar-refractivity contribution in [1.82, 2.24) is 0 Å². The molecule has 0 spiro atoms. The number of hydrogen-bond acceptors (Lipinski definition) is 2. The van der Waals surface area contributed by atoms with Gasteiger partial charge in [-0.3, -0.25) is 9.59 Å². The van der Waals surface area contributed by atoms with E-state index in [0.29, 0.717) is 23.9 Å². The van der Waals surface area contributed by atoms with Gasteiger partial charge in [0.25, 0.3) is 0 Å². The SMILES string of the molecule is C[S+](C)C1CCC(=O)C2(C)CCC(=O)C=C12. The molecule has 0 heterocycles. The number of allylic oxidation sites excluding steroid dienone is 1. The molecule has 2 unspecified atom stereocenters. The molecule has 0 aromatic rings. The molecule has 2 rings (SSSR count). The molecule has 2 aliphatic carbocycles. The number of ketones is 2. The molecule has 88 valence electrons. The Kier molecular flexibility index (Phi) is 2.99. The van der Waals surface area contributed by atoms with Crippen LogP contribution in [0, 0.1) is 5.41 Å². The molecule has 2 nitrogen and oxygen atoms in total. The van der Waals surface area contributed by atoms with E-state index in [1.807, 2.05) is 6.92 Å². The molecule has 0 aliphatic heterocycles. The lowest BCUT2D eigenvalue weighted by atomic mass is 9.65. The highest BCUT2D eigenvalue weighted by Gasteiger charge is 2.49. The Morgan fingerprint density at radius 1 is 1.31 bits per heavy atom. The molecule has 0 N–H and O–H groups in total. The largest absolute Gasteiger partial charge is 0.299 e. The van der Waals surface area contributed by atoms with E-state index in [1.54, 1.807) is 6.08 Å². The summed E-state index contributed by atoms with van der Waals surface area (Å²) in [6, 6.07) is 0. The van der Waals surface area contributed by atoms with Crippen LogP contribution in [0.5, 0.6) is 0 Å². The third-order valence-corrected chi connectivity index (χ3v) is 5.62. The third kappa shape index (κ3) is 1.75. The van der Waals surface area contributed by atoms with E-state index < -0.39 is 0 Å². The van der Waals surface area contributed by atoms with Gasteiger partial charge in [-0.05, 0) is 35.9 Å². The average molecular weight is 239 g/mol. The zero-order chi connectivity index (χ0) is 11.9. The Labute approximate surface area is 99.8 Å². The zero-order valence-corrected chi connectivity index (χ0v) is 11.0. The smallest absolute Gasteiger partial charge is 0.155 e. The van der Waals surface area contributed by atoms with Crippen LogP contribution in [-0.4, -0.2) is 29.3 Å². The molecular weight excluding hydrogens is 220 g/mol. The Morgan fingerprint density at radius 2 is 2.00 bits per heavy atom. The fourth-order valence-corrected chi connectivity index (χ4v) is 4.28. The molecule has 0 saturated heterocycles. The summed E-state index contributed by atoms with van der Waals surface area (Å²) in [5.41, 5.74) is 0.807. The highest BCUT2D eigenvalue weighted by molar-refractivity contribution is 7.96. The lowest BCUT2D eigenvalue weighted by molar-refractivity contribution is -0.128. The normalized spacial score (nSPS) is 35.0. The second-order valence-corrected chi connectivity index (χ2v) is 7.56. The fourth-order valence-electron chi connectivity index (χ4n) is 2.85. The minimum absolute atomic E-state index is 0.206. The Hall–Kier alpha value is -0.570. The first kappa shape index (κ1) is 11.9. The van der Waals surface area contributed by atoms with Crippen molar-refractivity contribution in [1.29, 1.82) is 0 Å². The van der Waals surface area contributed by atoms with Gasteiger partial charge in [0.15, 0.2) is 5.78 Å². The first-order valence-electron chi connectivity index (χ1n) is 5.80. The van der Waals surface area contributed by atoms with Gasteiger partial charge < -0.3 is 0 Å². The molecular formula is C13H19O2S+. The summed E-state index contributed by atoms with van der Waals surface area (Å²) in [5, 5.41) is 0.451. The van der Waals surface area contributed by atoms with E-state index in [2.05, 4.69) is 12.5 Å². The van der Waals surface area contributed by atoms with Crippen molar-refractivity contribution in [2.45, 2.75) is 37.9 Å². The van der Waals surface area contributed by atoms with Crippen LogP contribution in [0.3, 0.4) is 0 Å². The van der Waals surface area contributed by atoms with Crippen LogP contribution in [-0.2, 0) is 20.5 Å². The standard InChI is InChI=1S/C13H19O2S/c1-13-7-6-9(14)8-10(13)11(16(2)3)4-5-12(13)15/h8,11H,4-7H2,1-3H3/q+1. The van der Waals surface area contributed by atoms with Crippen molar-refractivity contribution in [3.05, 3.63) is 11.6 Å². The molecule has 0 aromatic heterocycles. The van der Waals surface area contributed by atoms with Crippen molar-refractivity contribution in [3.63, 3.8) is 0 Å². The summed E-state index contributed by atoms with van der Waals surface area (Å²) in [4.78, 5) is 23.6. The Balaban J connectivity index is 2.43. The zero-order valence-electron chi connectivity index (χ0n) is 10.2. The topological polar surface area (TPSA) is 34.1 Å². The first-order valence-corrected chi connectivity index (χ1v) is 7.90. The molecule has 3 heteroatoms. The molecule has 2 aliphatic rings. The molecule has 16 heavy (non-hydrogen) atoms. The number of hydrogen-bond donors (Lipinski definition) is 0. The number of Topliss-reactive ketones (excluding diaryl/α,β-unsaturated/α-hetero) is 1. The van der Waals surface area contributed by atoms with E-state index in [9.17, 15) is 9.59 Å². The van der Waals surface area contributed by atoms with Gasteiger partial charge in [0.05, 0.1) is 17.9 Å². The van der Waals surface area contributed by atoms with Crippen LogP contribution >= 0.6 is 0 Å². The molecule has 1 fully saturated rings. The molecule has 1 saturated carbocycles. The minimum Gasteiger partial charge on any atom is -0.299 e. The highest BCUT2D eigenvalue weighted by Crippen LogP contribution is 2.46. The van der Waals surface area contributed by atoms with Crippen molar-refractivity contribution in [3.8, 4) is 0 Å². The number of fused-ring (bicyclic) bond motifs is 1. The van der Waals surface area contributed by atoms with Gasteiger partial charge in [0.1, 0.15) is 11.0 Å². The summed E-state index contributed by atoms with van der Waals surface area (Å²) in [6.45, 7) is 2.03. The summed E-state index contributed by atoms with van der Waals surface area (Å²) in [5.74, 6) is 0.547. The van der Waals surface area contributed by atoms with Crippen LogP contribution < -0.4 is 0 Å².